The Balaban J connectivity index is 1.84. The highest BCUT2D eigenvalue weighted by atomic mass is 35.5. The second-order valence-corrected chi connectivity index (χ2v) is 7.24. The van der Waals surface area contributed by atoms with Crippen molar-refractivity contribution in [3.05, 3.63) is 63.3 Å². The third-order valence-corrected chi connectivity index (χ3v) is 5.09. The van der Waals surface area contributed by atoms with Crippen molar-refractivity contribution in [1.82, 2.24) is 9.78 Å². The Morgan fingerprint density at radius 3 is 2.40 bits per heavy atom. The summed E-state index contributed by atoms with van der Waals surface area (Å²) in [5.41, 5.74) is 2.02. The zero-order valence-electron chi connectivity index (χ0n) is 17.0. The molecule has 0 spiro atoms. The van der Waals surface area contributed by atoms with Gasteiger partial charge in [0, 0.05) is 21.8 Å². The van der Waals surface area contributed by atoms with Crippen LogP contribution in [0.2, 0.25) is 10.0 Å². The lowest BCUT2D eigenvalue weighted by molar-refractivity contribution is 0.102. The van der Waals surface area contributed by atoms with Crippen LogP contribution in [0.15, 0.2) is 36.4 Å². The van der Waals surface area contributed by atoms with Gasteiger partial charge in [0.15, 0.2) is 17.3 Å². The summed E-state index contributed by atoms with van der Waals surface area (Å²) in [6.07, 6.45) is 0. The molecule has 0 aliphatic heterocycles. The van der Waals surface area contributed by atoms with Gasteiger partial charge in [-0.3, -0.25) is 9.48 Å². The van der Waals surface area contributed by atoms with Gasteiger partial charge < -0.3 is 19.5 Å². The van der Waals surface area contributed by atoms with Crippen molar-refractivity contribution in [3.63, 3.8) is 0 Å². The first kappa shape index (κ1) is 21.8. The molecule has 0 saturated heterocycles. The Bertz CT molecular complexity index is 1080. The number of aromatic nitrogens is 2. The number of nitrogens with one attached hydrogen (secondary N) is 1. The standard InChI is InChI=1S/C21H21Cl2N3O4/c1-12-9-18(25-26(12)11-13-5-6-14(22)10-16(13)23)24-21(27)15-7-8-17(28-2)20(30-4)19(15)29-3/h5-10H,11H2,1-4H3,(H,24,25,27). The average molecular weight is 450 g/mol. The number of halogens is 2. The molecular formula is C21H21Cl2N3O4. The van der Waals surface area contributed by atoms with Crippen LogP contribution in [0.3, 0.4) is 0 Å². The van der Waals surface area contributed by atoms with E-state index in [9.17, 15) is 4.79 Å². The molecule has 3 aromatic rings. The lowest BCUT2D eigenvalue weighted by atomic mass is 10.1. The lowest BCUT2D eigenvalue weighted by Crippen LogP contribution is -2.15. The van der Waals surface area contributed by atoms with Crippen LogP contribution in [0.4, 0.5) is 5.82 Å². The minimum Gasteiger partial charge on any atom is -0.493 e. The third kappa shape index (κ3) is 4.47. The molecule has 30 heavy (non-hydrogen) atoms. The van der Waals surface area contributed by atoms with Crippen LogP contribution >= 0.6 is 23.2 Å². The molecular weight excluding hydrogens is 429 g/mol. The van der Waals surface area contributed by atoms with Crippen molar-refractivity contribution in [2.75, 3.05) is 26.6 Å². The van der Waals surface area contributed by atoms with Crippen LogP contribution in [0.25, 0.3) is 0 Å². The first-order valence-corrected chi connectivity index (χ1v) is 9.72. The highest BCUT2D eigenvalue weighted by molar-refractivity contribution is 6.35. The van der Waals surface area contributed by atoms with Gasteiger partial charge in [0.05, 0.1) is 33.4 Å². The van der Waals surface area contributed by atoms with Gasteiger partial charge in [-0.2, -0.15) is 5.10 Å². The van der Waals surface area contributed by atoms with Crippen molar-refractivity contribution < 1.29 is 19.0 Å². The molecule has 0 aliphatic carbocycles. The maximum atomic E-state index is 12.9. The molecule has 0 fully saturated rings. The van der Waals surface area contributed by atoms with Gasteiger partial charge in [-0.15, -0.1) is 0 Å². The van der Waals surface area contributed by atoms with Crippen molar-refractivity contribution in [1.29, 1.82) is 0 Å². The number of anilines is 1. The van der Waals surface area contributed by atoms with Gasteiger partial charge in [0.2, 0.25) is 5.75 Å². The minimum absolute atomic E-state index is 0.276. The van der Waals surface area contributed by atoms with Gasteiger partial charge in [0.25, 0.3) is 5.91 Å². The van der Waals surface area contributed by atoms with Crippen molar-refractivity contribution in [2.45, 2.75) is 13.5 Å². The lowest BCUT2D eigenvalue weighted by Gasteiger charge is -2.15. The second-order valence-electron chi connectivity index (χ2n) is 6.40. The smallest absolute Gasteiger partial charge is 0.260 e. The fourth-order valence-corrected chi connectivity index (χ4v) is 3.47. The van der Waals surface area contributed by atoms with Crippen molar-refractivity contribution in [3.8, 4) is 17.2 Å². The predicted octanol–water partition coefficient (Wildman–Crippen LogP) is 4.82. The van der Waals surface area contributed by atoms with Crippen molar-refractivity contribution >= 4 is 34.9 Å². The molecule has 1 heterocycles. The Morgan fingerprint density at radius 2 is 1.77 bits per heavy atom. The van der Waals surface area contributed by atoms with E-state index in [1.165, 1.54) is 21.3 Å². The normalized spacial score (nSPS) is 10.6. The molecule has 3 rings (SSSR count). The average Bonchev–Trinajstić information content (AvgIpc) is 3.07. The Morgan fingerprint density at radius 1 is 1.03 bits per heavy atom. The second kappa shape index (κ2) is 9.28. The molecule has 0 bridgehead atoms. The van der Waals surface area contributed by atoms with E-state index in [0.29, 0.717) is 39.5 Å². The van der Waals surface area contributed by atoms with Crippen LogP contribution in [0, 0.1) is 6.92 Å². The molecule has 0 saturated carbocycles. The maximum Gasteiger partial charge on any atom is 0.260 e. The number of benzene rings is 2. The molecule has 1 amide bonds. The highest BCUT2D eigenvalue weighted by Gasteiger charge is 2.21. The zero-order chi connectivity index (χ0) is 21.8. The molecule has 7 nitrogen and oxygen atoms in total. The molecule has 0 atom stereocenters. The van der Waals surface area contributed by atoms with Crippen LogP contribution in [-0.4, -0.2) is 37.0 Å². The van der Waals surface area contributed by atoms with Gasteiger partial charge >= 0.3 is 0 Å². The van der Waals surface area contributed by atoms with E-state index in [0.717, 1.165) is 11.3 Å². The molecule has 0 aliphatic rings. The number of rotatable bonds is 7. The molecule has 158 valence electrons. The number of hydrogen-bond acceptors (Lipinski definition) is 5. The number of aryl methyl sites for hydroxylation is 1. The first-order valence-electron chi connectivity index (χ1n) is 8.96. The monoisotopic (exact) mass is 449 g/mol. The number of nitrogens with zero attached hydrogens (tertiary/aromatic N) is 2. The van der Waals surface area contributed by atoms with Crippen LogP contribution in [0.5, 0.6) is 17.2 Å². The molecule has 2 aromatic carbocycles. The number of methoxy groups -OCH3 is 3. The van der Waals surface area contributed by atoms with E-state index >= 15 is 0 Å². The maximum absolute atomic E-state index is 12.9. The van der Waals surface area contributed by atoms with E-state index < -0.39 is 0 Å². The van der Waals surface area contributed by atoms with E-state index in [1.54, 1.807) is 35.0 Å². The van der Waals surface area contributed by atoms with Gasteiger partial charge in [-0.05, 0) is 36.8 Å². The number of carbonyl (C=O) groups is 1. The summed E-state index contributed by atoms with van der Waals surface area (Å²) in [5.74, 6) is 1.09. The number of hydrogen-bond donors (Lipinski definition) is 1. The molecule has 9 heteroatoms. The summed E-state index contributed by atoms with van der Waals surface area (Å²) in [6.45, 7) is 2.33. The zero-order valence-corrected chi connectivity index (χ0v) is 18.5. The van der Waals surface area contributed by atoms with Gasteiger partial charge in [-0.1, -0.05) is 29.3 Å². The fraction of sp³-hybridized carbons (Fsp3) is 0.238. The summed E-state index contributed by atoms with van der Waals surface area (Å²) >= 11 is 12.2. The Hall–Kier alpha value is -2.90. The van der Waals surface area contributed by atoms with Gasteiger partial charge in [-0.25, -0.2) is 0 Å². The van der Waals surface area contributed by atoms with Gasteiger partial charge in [0.1, 0.15) is 0 Å². The number of ether oxygens (including phenoxy) is 3. The minimum atomic E-state index is -0.387. The van der Waals surface area contributed by atoms with Crippen molar-refractivity contribution in [2.24, 2.45) is 0 Å². The van der Waals surface area contributed by atoms with E-state index in [-0.39, 0.29) is 11.7 Å². The quantitative estimate of drug-likeness (QED) is 0.559. The highest BCUT2D eigenvalue weighted by Crippen LogP contribution is 2.39. The largest absolute Gasteiger partial charge is 0.493 e. The number of carbonyl (C=O) groups excluding carboxylic acids is 1. The SMILES string of the molecule is COc1ccc(C(=O)Nc2cc(C)n(Cc3ccc(Cl)cc3Cl)n2)c(OC)c1OC. The fourth-order valence-electron chi connectivity index (χ4n) is 3.01. The number of amides is 1. The summed E-state index contributed by atoms with van der Waals surface area (Å²) in [5, 5.41) is 8.37. The first-order chi connectivity index (χ1) is 14.4. The van der Waals surface area contributed by atoms with Crippen LogP contribution in [-0.2, 0) is 6.54 Å². The van der Waals surface area contributed by atoms with Crippen LogP contribution < -0.4 is 19.5 Å². The summed E-state index contributed by atoms with van der Waals surface area (Å²) in [6, 6.07) is 10.3. The van der Waals surface area contributed by atoms with Crippen LogP contribution in [0.1, 0.15) is 21.6 Å². The predicted molar refractivity (Wildman–Crippen MR) is 117 cm³/mol. The van der Waals surface area contributed by atoms with E-state index in [2.05, 4.69) is 10.4 Å². The summed E-state index contributed by atoms with van der Waals surface area (Å²) in [7, 11) is 4.46. The van der Waals surface area contributed by atoms with E-state index in [4.69, 9.17) is 37.4 Å². The Kier molecular flexibility index (Phi) is 6.74. The molecule has 0 unspecified atom stereocenters. The molecule has 1 N–H and O–H groups in total. The van der Waals surface area contributed by atoms with E-state index in [1.807, 2.05) is 13.0 Å². The third-order valence-electron chi connectivity index (χ3n) is 4.51. The summed E-state index contributed by atoms with van der Waals surface area (Å²) < 4.78 is 17.7. The molecule has 1 aromatic heterocycles. The molecule has 0 radical (unpaired) electrons. The summed E-state index contributed by atoms with van der Waals surface area (Å²) in [4.78, 5) is 12.9. The Labute approximate surface area is 184 Å². The topological polar surface area (TPSA) is 74.6 Å².